The van der Waals surface area contributed by atoms with Gasteiger partial charge in [0, 0.05) is 9.81 Å². The van der Waals surface area contributed by atoms with Crippen LogP contribution in [0.4, 0.5) is 13.2 Å². The highest BCUT2D eigenvalue weighted by atomic mass is 127. The van der Waals surface area contributed by atoms with Crippen LogP contribution >= 0.6 is 22.6 Å². The molecule has 0 amide bonds. The van der Waals surface area contributed by atoms with Crippen molar-refractivity contribution in [1.82, 2.24) is 4.98 Å². The normalized spacial score (nSPS) is 12.1. The van der Waals surface area contributed by atoms with E-state index in [-0.39, 0.29) is 0 Å². The van der Waals surface area contributed by atoms with Gasteiger partial charge >= 0.3 is 6.18 Å². The molecule has 17 heavy (non-hydrogen) atoms. The van der Waals surface area contributed by atoms with Crippen molar-refractivity contribution < 1.29 is 13.2 Å². The maximum atomic E-state index is 12.6. The summed E-state index contributed by atoms with van der Waals surface area (Å²) in [6, 6.07) is 6.41. The van der Waals surface area contributed by atoms with Gasteiger partial charge in [0.2, 0.25) is 0 Å². The predicted octanol–water partition coefficient (Wildman–Crippen LogP) is 4.50. The molecular weight excluding hydrogens is 342 g/mol. The monoisotopic (exact) mass is 351 g/mol. The number of nitrogens with zero attached hydrogens (tertiary/aromatic N) is 1. The van der Waals surface area contributed by atoms with E-state index in [4.69, 9.17) is 0 Å². The highest BCUT2D eigenvalue weighted by Crippen LogP contribution is 2.31. The topological polar surface area (TPSA) is 12.9 Å². The lowest BCUT2D eigenvalue weighted by Crippen LogP contribution is -2.08. The molecule has 1 nitrogen and oxygen atoms in total. The Morgan fingerprint density at radius 2 is 1.94 bits per heavy atom. The van der Waals surface area contributed by atoms with Crippen molar-refractivity contribution in [3.8, 4) is 0 Å². The molecule has 0 aliphatic heterocycles. The lowest BCUT2D eigenvalue weighted by molar-refractivity contribution is -0.141. The minimum Gasteiger partial charge on any atom is -0.243 e. The zero-order valence-electron chi connectivity index (χ0n) is 8.98. The molecule has 2 aromatic rings. The lowest BCUT2D eigenvalue weighted by Gasteiger charge is -2.10. The van der Waals surface area contributed by atoms with Crippen LogP contribution in [0.5, 0.6) is 0 Å². The fraction of sp³-hybridized carbons (Fsp3) is 0.250. The molecule has 0 spiro atoms. The predicted molar refractivity (Wildman–Crippen MR) is 69.2 cm³/mol. The number of alkyl halides is 4. The average Bonchev–Trinajstić information content (AvgIpc) is 2.26. The molecule has 0 aliphatic carbocycles. The molecule has 0 N–H and O–H groups in total. The van der Waals surface area contributed by atoms with Crippen molar-refractivity contribution in [2.24, 2.45) is 0 Å². The van der Waals surface area contributed by atoms with E-state index in [1.807, 2.05) is 13.0 Å². The summed E-state index contributed by atoms with van der Waals surface area (Å²) in [5.41, 5.74) is 1.27. The molecule has 0 saturated heterocycles. The average molecular weight is 351 g/mol. The maximum Gasteiger partial charge on any atom is 0.433 e. The number of aromatic nitrogens is 1. The van der Waals surface area contributed by atoms with Crippen LogP contribution in [-0.4, -0.2) is 4.98 Å². The molecule has 0 bridgehead atoms. The summed E-state index contributed by atoms with van der Waals surface area (Å²) in [7, 11) is 0. The van der Waals surface area contributed by atoms with Gasteiger partial charge in [0.1, 0.15) is 5.69 Å². The highest BCUT2D eigenvalue weighted by Gasteiger charge is 2.33. The Labute approximate surface area is 110 Å². The van der Waals surface area contributed by atoms with Crippen LogP contribution in [0.25, 0.3) is 10.9 Å². The van der Waals surface area contributed by atoms with Crippen LogP contribution in [0.15, 0.2) is 24.3 Å². The molecule has 1 aromatic heterocycles. The van der Waals surface area contributed by atoms with Gasteiger partial charge in [-0.2, -0.15) is 13.2 Å². The number of pyridine rings is 1. The molecule has 1 aromatic carbocycles. The SMILES string of the molecule is Cc1ccc2nc(C(F)(F)F)cc(CI)c2c1. The first kappa shape index (κ1) is 12.6. The second-order valence-corrected chi connectivity index (χ2v) is 4.58. The van der Waals surface area contributed by atoms with Crippen molar-refractivity contribution in [1.29, 1.82) is 0 Å². The molecule has 5 heteroatoms. The molecule has 0 saturated carbocycles. The number of benzene rings is 1. The number of hydrogen-bond donors (Lipinski definition) is 0. The minimum absolute atomic E-state index is 0.400. The van der Waals surface area contributed by atoms with Crippen LogP contribution in [0.3, 0.4) is 0 Å². The van der Waals surface area contributed by atoms with Crippen LogP contribution in [0, 0.1) is 6.92 Å². The number of rotatable bonds is 1. The zero-order chi connectivity index (χ0) is 12.6. The lowest BCUT2D eigenvalue weighted by atomic mass is 10.1. The van der Waals surface area contributed by atoms with Crippen LogP contribution in [-0.2, 0) is 10.6 Å². The number of hydrogen-bond acceptors (Lipinski definition) is 1. The molecule has 0 unspecified atom stereocenters. The van der Waals surface area contributed by atoms with Gasteiger partial charge in [-0.3, -0.25) is 0 Å². The second-order valence-electron chi connectivity index (χ2n) is 3.82. The van der Waals surface area contributed by atoms with Gasteiger partial charge in [-0.1, -0.05) is 34.2 Å². The Morgan fingerprint density at radius 3 is 2.53 bits per heavy atom. The Morgan fingerprint density at radius 1 is 1.24 bits per heavy atom. The summed E-state index contributed by atoms with van der Waals surface area (Å²) < 4.78 is 38.5. The number of halogens is 4. The minimum atomic E-state index is -4.39. The van der Waals surface area contributed by atoms with Gasteiger partial charge in [-0.25, -0.2) is 4.98 Å². The Hall–Kier alpha value is -0.850. The van der Waals surface area contributed by atoms with Crippen LogP contribution in [0.1, 0.15) is 16.8 Å². The van der Waals surface area contributed by atoms with E-state index < -0.39 is 11.9 Å². The third-order valence-electron chi connectivity index (χ3n) is 2.48. The smallest absolute Gasteiger partial charge is 0.243 e. The van der Waals surface area contributed by atoms with E-state index in [9.17, 15) is 13.2 Å². The summed E-state index contributed by atoms with van der Waals surface area (Å²) in [5.74, 6) is 0. The number of aryl methyl sites for hydroxylation is 1. The zero-order valence-corrected chi connectivity index (χ0v) is 11.1. The fourth-order valence-corrected chi connectivity index (χ4v) is 2.30. The largest absolute Gasteiger partial charge is 0.433 e. The maximum absolute atomic E-state index is 12.6. The third kappa shape index (κ3) is 2.53. The van der Waals surface area contributed by atoms with Crippen LogP contribution < -0.4 is 0 Å². The summed E-state index contributed by atoms with van der Waals surface area (Å²) in [5, 5.41) is 0.799. The van der Waals surface area contributed by atoms with Gasteiger partial charge in [-0.05, 0) is 30.7 Å². The van der Waals surface area contributed by atoms with E-state index in [2.05, 4.69) is 27.6 Å². The van der Waals surface area contributed by atoms with Crippen molar-refractivity contribution in [3.63, 3.8) is 0 Å². The molecule has 0 radical (unpaired) electrons. The van der Waals surface area contributed by atoms with Crippen molar-refractivity contribution in [3.05, 3.63) is 41.1 Å². The third-order valence-corrected chi connectivity index (χ3v) is 3.31. The Balaban J connectivity index is 2.75. The van der Waals surface area contributed by atoms with E-state index in [1.54, 1.807) is 12.1 Å². The van der Waals surface area contributed by atoms with Gasteiger partial charge in [0.05, 0.1) is 5.52 Å². The Bertz CT molecular complexity index is 563. The molecule has 1 heterocycles. The van der Waals surface area contributed by atoms with Gasteiger partial charge in [0.15, 0.2) is 0 Å². The summed E-state index contributed by atoms with van der Waals surface area (Å²) in [6.45, 7) is 1.91. The highest BCUT2D eigenvalue weighted by molar-refractivity contribution is 14.1. The second kappa shape index (κ2) is 4.44. The molecular formula is C12H9F3IN. The molecule has 0 aliphatic rings. The van der Waals surface area contributed by atoms with Crippen molar-refractivity contribution in [2.45, 2.75) is 17.5 Å². The summed E-state index contributed by atoms with van der Waals surface area (Å²) in [4.78, 5) is 3.67. The van der Waals surface area contributed by atoms with Crippen LogP contribution in [0.2, 0.25) is 0 Å². The fourth-order valence-electron chi connectivity index (χ4n) is 1.67. The molecule has 0 fully saturated rings. The van der Waals surface area contributed by atoms with Gasteiger partial charge in [-0.15, -0.1) is 0 Å². The summed E-state index contributed by atoms with van der Waals surface area (Å²) >= 11 is 2.06. The first-order valence-electron chi connectivity index (χ1n) is 4.95. The van der Waals surface area contributed by atoms with E-state index in [0.29, 0.717) is 15.5 Å². The molecule has 2 rings (SSSR count). The van der Waals surface area contributed by atoms with Gasteiger partial charge in [0.25, 0.3) is 0 Å². The van der Waals surface area contributed by atoms with E-state index in [0.717, 1.165) is 17.0 Å². The van der Waals surface area contributed by atoms with E-state index >= 15 is 0 Å². The van der Waals surface area contributed by atoms with E-state index in [1.165, 1.54) is 0 Å². The number of fused-ring (bicyclic) bond motifs is 1. The Kier molecular flexibility index (Phi) is 3.29. The quantitative estimate of drug-likeness (QED) is 0.545. The molecule has 0 atom stereocenters. The van der Waals surface area contributed by atoms with Crippen molar-refractivity contribution in [2.75, 3.05) is 0 Å². The summed E-state index contributed by atoms with van der Waals surface area (Å²) in [6.07, 6.45) is -4.39. The standard InChI is InChI=1S/C12H9F3IN/c1-7-2-3-10-9(4-7)8(6-16)5-11(17-10)12(13,14)15/h2-5H,6H2,1H3. The van der Waals surface area contributed by atoms with Crippen molar-refractivity contribution >= 4 is 33.5 Å². The first-order valence-corrected chi connectivity index (χ1v) is 6.48. The van der Waals surface area contributed by atoms with Gasteiger partial charge < -0.3 is 0 Å². The first-order chi connectivity index (χ1) is 7.91. The molecule has 90 valence electrons.